The quantitative estimate of drug-likeness (QED) is 0.855. The molecular weight excluding hydrogens is 330 g/mol. The van der Waals surface area contributed by atoms with Crippen LogP contribution in [0.4, 0.5) is 11.6 Å². The van der Waals surface area contributed by atoms with E-state index in [9.17, 15) is 4.79 Å². The third-order valence-corrected chi connectivity index (χ3v) is 5.61. The molecule has 0 radical (unpaired) electrons. The van der Waals surface area contributed by atoms with Crippen molar-refractivity contribution in [1.29, 1.82) is 0 Å². The van der Waals surface area contributed by atoms with Gasteiger partial charge in [-0.25, -0.2) is 15.0 Å². The highest BCUT2D eigenvalue weighted by atomic mass is 16.2. The van der Waals surface area contributed by atoms with Crippen LogP contribution in [-0.2, 0) is 11.2 Å². The summed E-state index contributed by atoms with van der Waals surface area (Å²) in [6.07, 6.45) is 9.67. The second kappa shape index (κ2) is 6.93. The third kappa shape index (κ3) is 3.49. The molecule has 0 aromatic carbocycles. The molecule has 2 fully saturated rings. The van der Waals surface area contributed by atoms with Crippen LogP contribution in [0.25, 0.3) is 0 Å². The molecule has 3 N–H and O–H groups in total. The van der Waals surface area contributed by atoms with Crippen molar-refractivity contribution in [2.45, 2.75) is 32.1 Å². The van der Waals surface area contributed by atoms with Crippen LogP contribution in [0, 0.1) is 5.41 Å². The van der Waals surface area contributed by atoms with Gasteiger partial charge in [0, 0.05) is 62.4 Å². The molecule has 1 amide bonds. The number of likely N-dealkylation sites (tertiary alicyclic amines) is 1. The van der Waals surface area contributed by atoms with Gasteiger partial charge >= 0.3 is 0 Å². The molecule has 8 nitrogen and oxygen atoms in total. The number of hydrogen-bond donors (Lipinski definition) is 2. The lowest BCUT2D eigenvalue weighted by Crippen LogP contribution is -2.54. The second-order valence-corrected chi connectivity index (χ2v) is 7.47. The Morgan fingerprint density at radius 3 is 3.00 bits per heavy atom. The van der Waals surface area contributed by atoms with Crippen molar-refractivity contribution >= 4 is 17.5 Å². The third-order valence-electron chi connectivity index (χ3n) is 5.61. The summed E-state index contributed by atoms with van der Waals surface area (Å²) in [6.45, 7) is 3.44. The molecule has 26 heavy (non-hydrogen) atoms. The van der Waals surface area contributed by atoms with Crippen molar-refractivity contribution in [2.24, 2.45) is 5.41 Å². The van der Waals surface area contributed by atoms with E-state index >= 15 is 0 Å². The van der Waals surface area contributed by atoms with Gasteiger partial charge in [-0.3, -0.25) is 4.79 Å². The zero-order valence-corrected chi connectivity index (χ0v) is 14.9. The van der Waals surface area contributed by atoms with Crippen LogP contribution >= 0.6 is 0 Å². The lowest BCUT2D eigenvalue weighted by molar-refractivity contribution is -0.137. The van der Waals surface area contributed by atoms with Crippen LogP contribution in [0.5, 0.6) is 0 Å². The molecule has 0 aliphatic carbocycles. The molecule has 2 aliphatic rings. The second-order valence-electron chi connectivity index (χ2n) is 7.47. The number of H-pyrrole nitrogens is 1. The minimum atomic E-state index is 0.139. The van der Waals surface area contributed by atoms with Gasteiger partial charge in [-0.05, 0) is 19.3 Å². The number of rotatable bonds is 4. The predicted octanol–water partition coefficient (Wildman–Crippen LogP) is 1.23. The van der Waals surface area contributed by atoms with E-state index in [1.807, 2.05) is 17.2 Å². The SMILES string of the molecule is Nc1cc(N2CCC[C@@]3(CCC(=O)N(CCc4cnc[nH]4)C3)C2)ncn1. The standard InChI is InChI=1S/C18H25N7O/c19-15-8-16(23-13-22-15)24-6-1-4-18(10-24)5-2-17(26)25(11-18)7-3-14-9-20-12-21-14/h8-9,12-13H,1-7,10-11H2,(H,20,21)(H2,19,22,23)/t18-/m1/s1. The van der Waals surface area contributed by atoms with Crippen LogP contribution in [-0.4, -0.2) is 56.9 Å². The molecule has 2 aliphatic heterocycles. The molecular formula is C18H25N7O. The normalized spacial score (nSPS) is 23.6. The fraction of sp³-hybridized carbons (Fsp3) is 0.556. The van der Waals surface area contributed by atoms with E-state index in [1.54, 1.807) is 6.33 Å². The number of anilines is 2. The zero-order chi connectivity index (χ0) is 18.0. The molecule has 4 rings (SSSR count). The Labute approximate surface area is 152 Å². The molecule has 1 spiro atoms. The van der Waals surface area contributed by atoms with Gasteiger partial charge in [0.15, 0.2) is 0 Å². The number of nitrogens with one attached hydrogen (secondary N) is 1. The summed E-state index contributed by atoms with van der Waals surface area (Å²) in [5.41, 5.74) is 7.03. The largest absolute Gasteiger partial charge is 0.384 e. The number of amides is 1. The summed E-state index contributed by atoms with van der Waals surface area (Å²) in [7, 11) is 0. The summed E-state index contributed by atoms with van der Waals surface area (Å²) in [6, 6.07) is 1.84. The van der Waals surface area contributed by atoms with Gasteiger partial charge in [-0.15, -0.1) is 0 Å². The van der Waals surface area contributed by atoms with E-state index in [2.05, 4.69) is 24.8 Å². The van der Waals surface area contributed by atoms with Gasteiger partial charge < -0.3 is 20.5 Å². The van der Waals surface area contributed by atoms with E-state index in [1.165, 1.54) is 6.33 Å². The van der Waals surface area contributed by atoms with Crippen molar-refractivity contribution in [2.75, 3.05) is 36.8 Å². The smallest absolute Gasteiger partial charge is 0.222 e. The van der Waals surface area contributed by atoms with E-state index in [0.717, 1.165) is 63.4 Å². The molecule has 0 unspecified atom stereocenters. The lowest BCUT2D eigenvalue weighted by atomic mass is 9.73. The Balaban J connectivity index is 1.45. The van der Waals surface area contributed by atoms with Gasteiger partial charge in [0.2, 0.25) is 5.91 Å². The maximum atomic E-state index is 12.4. The number of hydrogen-bond acceptors (Lipinski definition) is 6. The number of nitrogens with zero attached hydrogens (tertiary/aromatic N) is 5. The Morgan fingerprint density at radius 2 is 2.19 bits per heavy atom. The molecule has 1 atom stereocenters. The number of nitrogens with two attached hydrogens (primary N) is 1. The summed E-state index contributed by atoms with van der Waals surface area (Å²) in [5.74, 6) is 1.64. The van der Waals surface area contributed by atoms with Crippen molar-refractivity contribution in [3.63, 3.8) is 0 Å². The molecule has 2 aromatic rings. The Bertz CT molecular complexity index is 763. The fourth-order valence-corrected chi connectivity index (χ4v) is 4.25. The maximum absolute atomic E-state index is 12.4. The Hall–Kier alpha value is -2.64. The molecule has 2 saturated heterocycles. The average molecular weight is 355 g/mol. The van der Waals surface area contributed by atoms with Crippen LogP contribution in [0.3, 0.4) is 0 Å². The van der Waals surface area contributed by atoms with E-state index in [4.69, 9.17) is 5.73 Å². The highest BCUT2D eigenvalue weighted by Crippen LogP contribution is 2.40. The first-order chi connectivity index (χ1) is 12.6. The first-order valence-electron chi connectivity index (χ1n) is 9.21. The van der Waals surface area contributed by atoms with Crippen LogP contribution < -0.4 is 10.6 Å². The highest BCUT2D eigenvalue weighted by Gasteiger charge is 2.41. The number of aromatic nitrogens is 4. The van der Waals surface area contributed by atoms with E-state index < -0.39 is 0 Å². The van der Waals surface area contributed by atoms with Crippen molar-refractivity contribution < 1.29 is 4.79 Å². The number of imidazole rings is 1. The maximum Gasteiger partial charge on any atom is 0.222 e. The van der Waals surface area contributed by atoms with Gasteiger partial charge in [0.25, 0.3) is 0 Å². The number of carbonyl (C=O) groups is 1. The van der Waals surface area contributed by atoms with Gasteiger partial charge in [0.05, 0.1) is 6.33 Å². The minimum Gasteiger partial charge on any atom is -0.384 e. The predicted molar refractivity (Wildman–Crippen MR) is 98.4 cm³/mol. The van der Waals surface area contributed by atoms with Crippen LogP contribution in [0.1, 0.15) is 31.4 Å². The number of carbonyl (C=O) groups excluding carboxylic acids is 1. The molecule has 138 valence electrons. The number of aromatic amines is 1. The van der Waals surface area contributed by atoms with Crippen molar-refractivity contribution in [3.05, 3.63) is 30.6 Å². The first kappa shape index (κ1) is 16.8. The molecule has 0 saturated carbocycles. The van der Waals surface area contributed by atoms with Crippen molar-refractivity contribution in [3.8, 4) is 0 Å². The monoisotopic (exact) mass is 355 g/mol. The number of nitrogen functional groups attached to an aromatic ring is 1. The van der Waals surface area contributed by atoms with Gasteiger partial charge in [0.1, 0.15) is 18.0 Å². The topological polar surface area (TPSA) is 104 Å². The van der Waals surface area contributed by atoms with Crippen molar-refractivity contribution in [1.82, 2.24) is 24.8 Å². The lowest BCUT2D eigenvalue weighted by Gasteiger charge is -2.48. The first-order valence-corrected chi connectivity index (χ1v) is 9.21. The highest BCUT2D eigenvalue weighted by molar-refractivity contribution is 5.77. The summed E-state index contributed by atoms with van der Waals surface area (Å²) < 4.78 is 0. The summed E-state index contributed by atoms with van der Waals surface area (Å²) >= 11 is 0. The minimum absolute atomic E-state index is 0.139. The summed E-state index contributed by atoms with van der Waals surface area (Å²) in [5, 5.41) is 0. The summed E-state index contributed by atoms with van der Waals surface area (Å²) in [4.78, 5) is 32.3. The molecule has 8 heteroatoms. The average Bonchev–Trinajstić information content (AvgIpc) is 3.17. The molecule has 0 bridgehead atoms. The molecule has 2 aromatic heterocycles. The fourth-order valence-electron chi connectivity index (χ4n) is 4.25. The van der Waals surface area contributed by atoms with Crippen LogP contribution in [0.2, 0.25) is 0 Å². The van der Waals surface area contributed by atoms with E-state index in [0.29, 0.717) is 12.2 Å². The Kier molecular flexibility index (Phi) is 4.48. The zero-order valence-electron chi connectivity index (χ0n) is 14.9. The Morgan fingerprint density at radius 1 is 1.27 bits per heavy atom. The number of piperidine rings is 2. The molecule has 4 heterocycles. The van der Waals surface area contributed by atoms with Gasteiger partial charge in [-0.1, -0.05) is 0 Å². The van der Waals surface area contributed by atoms with Crippen LogP contribution in [0.15, 0.2) is 24.9 Å². The van der Waals surface area contributed by atoms with Gasteiger partial charge in [-0.2, -0.15) is 0 Å². The van der Waals surface area contributed by atoms with E-state index in [-0.39, 0.29) is 11.3 Å².